The van der Waals surface area contributed by atoms with Gasteiger partial charge in [0, 0.05) is 38.3 Å². The van der Waals surface area contributed by atoms with Gasteiger partial charge in [0.15, 0.2) is 0 Å². The monoisotopic (exact) mass is 397 g/mol. The van der Waals surface area contributed by atoms with Crippen LogP contribution in [0.3, 0.4) is 0 Å². The molecule has 1 aliphatic heterocycles. The molecule has 1 fully saturated rings. The lowest BCUT2D eigenvalue weighted by molar-refractivity contribution is -0.139. The number of hydrogen-bond acceptors (Lipinski definition) is 4. The van der Waals surface area contributed by atoms with E-state index in [1.165, 1.54) is 12.1 Å². The van der Waals surface area contributed by atoms with Crippen LogP contribution in [0.5, 0.6) is 0 Å². The van der Waals surface area contributed by atoms with Crippen molar-refractivity contribution in [1.82, 2.24) is 10.2 Å². The maximum Gasteiger partial charge on any atom is 0.288 e. The molecule has 2 aromatic rings. The highest BCUT2D eigenvalue weighted by Gasteiger charge is 2.23. The molecule has 3 rings (SSSR count). The average molecular weight is 397 g/mol. The van der Waals surface area contributed by atoms with E-state index in [9.17, 15) is 18.8 Å². The lowest BCUT2D eigenvalue weighted by Crippen LogP contribution is -2.51. The zero-order valence-corrected chi connectivity index (χ0v) is 16.4. The van der Waals surface area contributed by atoms with Gasteiger partial charge in [0.05, 0.1) is 6.54 Å². The summed E-state index contributed by atoms with van der Waals surface area (Å²) in [6, 6.07) is 13.8. The molecule has 1 N–H and O–H groups in total. The van der Waals surface area contributed by atoms with Crippen molar-refractivity contribution >= 4 is 23.3 Å². The van der Waals surface area contributed by atoms with Gasteiger partial charge in [0.25, 0.3) is 5.91 Å². The minimum absolute atomic E-state index is 0.00795. The van der Waals surface area contributed by atoms with Crippen LogP contribution in [0.25, 0.3) is 0 Å². The van der Waals surface area contributed by atoms with E-state index < -0.39 is 11.7 Å². The highest BCUT2D eigenvalue weighted by atomic mass is 19.1. The topological polar surface area (TPSA) is 69.7 Å². The Labute approximate surface area is 169 Å². The SMILES string of the molecule is Cc1cccc(CC(=O)C(=O)NCC(=O)N2CCN(c3cccc(F)c3)CC2)c1. The molecule has 2 amide bonds. The standard InChI is InChI=1S/C22H24FN3O3/c1-16-4-2-5-17(12-16)13-20(27)22(29)24-15-21(28)26-10-8-25(9-11-26)19-7-3-6-18(23)14-19/h2-7,12,14H,8-11,13,15H2,1H3,(H,24,29). The van der Waals surface area contributed by atoms with E-state index in [-0.39, 0.29) is 24.7 Å². The fourth-order valence-corrected chi connectivity index (χ4v) is 3.34. The number of rotatable bonds is 6. The number of aryl methyl sites for hydroxylation is 1. The van der Waals surface area contributed by atoms with Crippen molar-refractivity contribution in [2.24, 2.45) is 0 Å². The fourth-order valence-electron chi connectivity index (χ4n) is 3.34. The summed E-state index contributed by atoms with van der Waals surface area (Å²) in [6.45, 7) is 3.81. The number of nitrogens with one attached hydrogen (secondary N) is 1. The summed E-state index contributed by atoms with van der Waals surface area (Å²) in [5, 5.41) is 2.42. The highest BCUT2D eigenvalue weighted by Crippen LogP contribution is 2.17. The van der Waals surface area contributed by atoms with Gasteiger partial charge in [-0.1, -0.05) is 35.9 Å². The van der Waals surface area contributed by atoms with Crippen LogP contribution in [-0.4, -0.2) is 55.2 Å². The number of Topliss-reactive ketones (excluding diaryl/α,β-unsaturated/α-hetero) is 1. The second kappa shape index (κ2) is 9.32. The maximum absolute atomic E-state index is 13.4. The van der Waals surface area contributed by atoms with Crippen molar-refractivity contribution in [3.8, 4) is 0 Å². The van der Waals surface area contributed by atoms with Crippen molar-refractivity contribution in [1.29, 1.82) is 0 Å². The van der Waals surface area contributed by atoms with Gasteiger partial charge in [0.2, 0.25) is 11.7 Å². The molecular formula is C22H24FN3O3. The van der Waals surface area contributed by atoms with Crippen molar-refractivity contribution in [2.45, 2.75) is 13.3 Å². The smallest absolute Gasteiger partial charge is 0.288 e. The number of anilines is 1. The molecular weight excluding hydrogens is 373 g/mol. The first kappa shape index (κ1) is 20.5. The molecule has 0 radical (unpaired) electrons. The predicted molar refractivity (Wildman–Crippen MR) is 108 cm³/mol. The van der Waals surface area contributed by atoms with Gasteiger partial charge in [0.1, 0.15) is 5.82 Å². The Bertz CT molecular complexity index is 908. The Morgan fingerprint density at radius 1 is 1.00 bits per heavy atom. The van der Waals surface area contributed by atoms with Crippen LogP contribution in [0.4, 0.5) is 10.1 Å². The maximum atomic E-state index is 13.4. The van der Waals surface area contributed by atoms with Crippen LogP contribution in [0.15, 0.2) is 48.5 Å². The molecule has 152 valence electrons. The van der Waals surface area contributed by atoms with E-state index in [0.29, 0.717) is 26.2 Å². The van der Waals surface area contributed by atoms with E-state index in [2.05, 4.69) is 5.32 Å². The average Bonchev–Trinajstić information content (AvgIpc) is 2.72. The third-order valence-corrected chi connectivity index (χ3v) is 4.91. The molecule has 1 aliphatic rings. The molecule has 0 atom stereocenters. The molecule has 2 aromatic carbocycles. The number of halogens is 1. The van der Waals surface area contributed by atoms with Crippen molar-refractivity contribution in [3.05, 3.63) is 65.5 Å². The molecule has 0 aliphatic carbocycles. The summed E-state index contributed by atoms with van der Waals surface area (Å²) in [4.78, 5) is 40.1. The minimum Gasteiger partial charge on any atom is -0.368 e. The molecule has 1 heterocycles. The fraction of sp³-hybridized carbons (Fsp3) is 0.318. The van der Waals surface area contributed by atoms with Gasteiger partial charge in [-0.05, 0) is 30.7 Å². The molecule has 1 saturated heterocycles. The number of hydrogen-bond donors (Lipinski definition) is 1. The van der Waals surface area contributed by atoms with Crippen molar-refractivity contribution in [2.75, 3.05) is 37.6 Å². The van der Waals surface area contributed by atoms with E-state index >= 15 is 0 Å². The number of piperazine rings is 1. The second-order valence-electron chi connectivity index (χ2n) is 7.12. The summed E-state index contributed by atoms with van der Waals surface area (Å²) in [7, 11) is 0. The Kier molecular flexibility index (Phi) is 6.59. The van der Waals surface area contributed by atoms with E-state index in [0.717, 1.165) is 16.8 Å². The molecule has 0 spiro atoms. The first-order valence-electron chi connectivity index (χ1n) is 9.57. The predicted octanol–water partition coefficient (Wildman–Crippen LogP) is 1.71. The van der Waals surface area contributed by atoms with Crippen LogP contribution >= 0.6 is 0 Å². The lowest BCUT2D eigenvalue weighted by Gasteiger charge is -2.36. The second-order valence-corrected chi connectivity index (χ2v) is 7.12. The summed E-state index contributed by atoms with van der Waals surface area (Å²) in [6.07, 6.45) is 0.00795. The Morgan fingerprint density at radius 2 is 1.72 bits per heavy atom. The lowest BCUT2D eigenvalue weighted by atomic mass is 10.1. The van der Waals surface area contributed by atoms with E-state index in [1.807, 2.05) is 36.1 Å². The van der Waals surface area contributed by atoms with Crippen LogP contribution in [0, 0.1) is 12.7 Å². The zero-order chi connectivity index (χ0) is 20.8. The summed E-state index contributed by atoms with van der Waals surface area (Å²) in [5.41, 5.74) is 2.57. The molecule has 0 aromatic heterocycles. The van der Waals surface area contributed by atoms with Crippen LogP contribution in [-0.2, 0) is 20.8 Å². The normalized spacial score (nSPS) is 13.9. The van der Waals surface area contributed by atoms with Gasteiger partial charge in [-0.25, -0.2) is 4.39 Å². The molecule has 0 saturated carbocycles. The molecule has 6 nitrogen and oxygen atoms in total. The van der Waals surface area contributed by atoms with Gasteiger partial charge in [-0.2, -0.15) is 0 Å². The van der Waals surface area contributed by atoms with Crippen molar-refractivity contribution < 1.29 is 18.8 Å². The number of amides is 2. The van der Waals surface area contributed by atoms with Crippen molar-refractivity contribution in [3.63, 3.8) is 0 Å². The number of ketones is 1. The van der Waals surface area contributed by atoms with Gasteiger partial charge in [-0.3, -0.25) is 14.4 Å². The third-order valence-electron chi connectivity index (χ3n) is 4.91. The first-order chi connectivity index (χ1) is 13.9. The van der Waals surface area contributed by atoms with E-state index in [1.54, 1.807) is 17.0 Å². The number of carbonyl (C=O) groups is 3. The number of carbonyl (C=O) groups excluding carboxylic acids is 3. The zero-order valence-electron chi connectivity index (χ0n) is 16.4. The van der Waals surface area contributed by atoms with Crippen LogP contribution in [0.1, 0.15) is 11.1 Å². The Hall–Kier alpha value is -3.22. The number of nitrogens with zero attached hydrogens (tertiary/aromatic N) is 2. The third kappa shape index (κ3) is 5.63. The summed E-state index contributed by atoms with van der Waals surface area (Å²) >= 11 is 0. The van der Waals surface area contributed by atoms with Gasteiger partial charge >= 0.3 is 0 Å². The summed E-state index contributed by atoms with van der Waals surface area (Å²) < 4.78 is 13.4. The Morgan fingerprint density at radius 3 is 2.41 bits per heavy atom. The van der Waals surface area contributed by atoms with Gasteiger partial charge in [-0.15, -0.1) is 0 Å². The highest BCUT2D eigenvalue weighted by molar-refractivity contribution is 6.36. The number of benzene rings is 2. The molecule has 0 unspecified atom stereocenters. The van der Waals surface area contributed by atoms with E-state index in [4.69, 9.17) is 0 Å². The first-order valence-corrected chi connectivity index (χ1v) is 9.57. The van der Waals surface area contributed by atoms with Gasteiger partial charge < -0.3 is 15.1 Å². The quantitative estimate of drug-likeness (QED) is 0.754. The Balaban J connectivity index is 1.43. The molecule has 29 heavy (non-hydrogen) atoms. The summed E-state index contributed by atoms with van der Waals surface area (Å²) in [5.74, 6) is -1.85. The van der Waals surface area contributed by atoms with Crippen LogP contribution in [0.2, 0.25) is 0 Å². The molecule has 0 bridgehead atoms. The molecule has 7 heteroatoms. The minimum atomic E-state index is -0.752. The van der Waals surface area contributed by atoms with Crippen LogP contribution < -0.4 is 10.2 Å². The largest absolute Gasteiger partial charge is 0.368 e.